The number of rotatable bonds is 2. The van der Waals surface area contributed by atoms with Gasteiger partial charge in [-0.05, 0) is 25.1 Å². The quantitative estimate of drug-likeness (QED) is 0.830. The minimum Gasteiger partial charge on any atom is -0.454 e. The van der Waals surface area contributed by atoms with Crippen LogP contribution in [0.25, 0.3) is 0 Å². The molecule has 2 aliphatic rings. The number of aliphatic imine (C=N–C) groups is 1. The summed E-state index contributed by atoms with van der Waals surface area (Å²) in [7, 11) is 1.86. The predicted octanol–water partition coefficient (Wildman–Crippen LogP) is 0.999. The molecule has 0 amide bonds. The largest absolute Gasteiger partial charge is 0.454 e. The molecule has 3 rings (SSSR count). The van der Waals surface area contributed by atoms with Gasteiger partial charge in [-0.1, -0.05) is 0 Å². The number of nitrogens with zero attached hydrogens (tertiary/aromatic N) is 2. The van der Waals surface area contributed by atoms with E-state index in [-0.39, 0.29) is 6.79 Å². The first kappa shape index (κ1) is 11.9. The highest BCUT2D eigenvalue weighted by Crippen LogP contribution is 2.36. The number of allylic oxidation sites excluding steroid dienone is 1. The minimum absolute atomic E-state index is 0.261. The standard InChI is InChI=1S/C13H16N4O2/c1-8-5-12(15-2)17(13(14)16-8)9-3-4-10-11(6-9)19-7-18-10/h3-6,13,15H,7,14H2,1-2H3. The zero-order chi connectivity index (χ0) is 13.4. The van der Waals surface area contributed by atoms with Crippen LogP contribution in [0.5, 0.6) is 11.5 Å². The van der Waals surface area contributed by atoms with Crippen molar-refractivity contribution in [1.82, 2.24) is 5.32 Å². The van der Waals surface area contributed by atoms with Gasteiger partial charge in [0.2, 0.25) is 6.79 Å². The molecule has 2 heterocycles. The highest BCUT2D eigenvalue weighted by Gasteiger charge is 2.24. The minimum atomic E-state index is -0.451. The van der Waals surface area contributed by atoms with E-state index in [0.717, 1.165) is 28.7 Å². The van der Waals surface area contributed by atoms with Crippen molar-refractivity contribution >= 4 is 11.4 Å². The number of hydrogen-bond donors (Lipinski definition) is 2. The lowest BCUT2D eigenvalue weighted by Crippen LogP contribution is -2.46. The molecule has 2 aliphatic heterocycles. The number of benzene rings is 1. The van der Waals surface area contributed by atoms with E-state index in [1.807, 2.05) is 43.1 Å². The highest BCUT2D eigenvalue weighted by molar-refractivity contribution is 5.95. The van der Waals surface area contributed by atoms with Crippen molar-refractivity contribution < 1.29 is 9.47 Å². The van der Waals surface area contributed by atoms with Crippen LogP contribution >= 0.6 is 0 Å². The van der Waals surface area contributed by atoms with Gasteiger partial charge in [-0.25, -0.2) is 0 Å². The third-order valence-corrected chi connectivity index (χ3v) is 3.10. The molecule has 1 atom stereocenters. The molecule has 0 saturated heterocycles. The molecule has 6 heteroatoms. The first-order chi connectivity index (χ1) is 9.19. The van der Waals surface area contributed by atoms with Crippen molar-refractivity contribution in [1.29, 1.82) is 0 Å². The van der Waals surface area contributed by atoms with Crippen LogP contribution < -0.4 is 25.4 Å². The Kier molecular flexibility index (Phi) is 2.79. The molecule has 3 N–H and O–H groups in total. The maximum atomic E-state index is 6.10. The van der Waals surface area contributed by atoms with Gasteiger partial charge < -0.3 is 14.8 Å². The fourth-order valence-electron chi connectivity index (χ4n) is 2.23. The number of fused-ring (bicyclic) bond motifs is 1. The summed E-state index contributed by atoms with van der Waals surface area (Å²) in [4.78, 5) is 6.28. The Bertz CT molecular complexity index is 568. The molecule has 0 aromatic heterocycles. The fraction of sp³-hybridized carbons (Fsp3) is 0.308. The Balaban J connectivity index is 1.99. The molecule has 100 valence electrons. The first-order valence-electron chi connectivity index (χ1n) is 6.07. The van der Waals surface area contributed by atoms with Crippen molar-refractivity contribution in [2.45, 2.75) is 13.2 Å². The van der Waals surface area contributed by atoms with E-state index in [4.69, 9.17) is 15.2 Å². The molecular weight excluding hydrogens is 244 g/mol. The van der Waals surface area contributed by atoms with Gasteiger partial charge in [-0.15, -0.1) is 0 Å². The van der Waals surface area contributed by atoms with Gasteiger partial charge in [-0.3, -0.25) is 15.6 Å². The summed E-state index contributed by atoms with van der Waals surface area (Å²) in [6, 6.07) is 5.72. The zero-order valence-electron chi connectivity index (χ0n) is 10.9. The van der Waals surface area contributed by atoms with Gasteiger partial charge >= 0.3 is 0 Å². The molecule has 0 aliphatic carbocycles. The van der Waals surface area contributed by atoms with Gasteiger partial charge in [0.15, 0.2) is 17.8 Å². The maximum absolute atomic E-state index is 6.10. The monoisotopic (exact) mass is 260 g/mol. The normalized spacial score (nSPS) is 21.0. The number of nitrogens with one attached hydrogen (secondary N) is 1. The summed E-state index contributed by atoms with van der Waals surface area (Å²) in [5, 5.41) is 3.14. The fourth-order valence-corrected chi connectivity index (χ4v) is 2.23. The average Bonchev–Trinajstić information content (AvgIpc) is 2.84. The third kappa shape index (κ3) is 2.00. The molecular formula is C13H16N4O2. The molecule has 0 bridgehead atoms. The molecule has 1 aromatic rings. The average molecular weight is 260 g/mol. The third-order valence-electron chi connectivity index (χ3n) is 3.10. The number of ether oxygens (including phenoxy) is 2. The van der Waals surface area contributed by atoms with Gasteiger partial charge in [-0.2, -0.15) is 0 Å². The predicted molar refractivity (Wildman–Crippen MR) is 73.3 cm³/mol. The van der Waals surface area contributed by atoms with Crippen LogP contribution in [0.4, 0.5) is 5.69 Å². The van der Waals surface area contributed by atoms with Crippen LogP contribution in [-0.4, -0.2) is 25.8 Å². The van der Waals surface area contributed by atoms with Gasteiger partial charge in [0, 0.05) is 24.5 Å². The van der Waals surface area contributed by atoms with Crippen molar-refractivity contribution in [3.05, 3.63) is 30.1 Å². The highest BCUT2D eigenvalue weighted by atomic mass is 16.7. The van der Waals surface area contributed by atoms with Crippen molar-refractivity contribution in [2.24, 2.45) is 10.7 Å². The van der Waals surface area contributed by atoms with Crippen LogP contribution in [0, 0.1) is 0 Å². The van der Waals surface area contributed by atoms with E-state index < -0.39 is 6.29 Å². The summed E-state index contributed by atoms with van der Waals surface area (Å²) in [6.07, 6.45) is 1.50. The van der Waals surface area contributed by atoms with E-state index in [1.54, 1.807) is 0 Å². The molecule has 0 radical (unpaired) electrons. The smallest absolute Gasteiger partial charge is 0.231 e. The van der Waals surface area contributed by atoms with Crippen LogP contribution in [0.2, 0.25) is 0 Å². The lowest BCUT2D eigenvalue weighted by molar-refractivity contribution is 0.174. The molecule has 6 nitrogen and oxygen atoms in total. The number of anilines is 1. The topological polar surface area (TPSA) is 72.1 Å². The van der Waals surface area contributed by atoms with E-state index in [0.29, 0.717) is 0 Å². The SMILES string of the molecule is CNC1=CC(C)=NC(N)N1c1ccc2c(c1)OCO2. The zero-order valence-corrected chi connectivity index (χ0v) is 10.9. The number of hydrogen-bond acceptors (Lipinski definition) is 6. The second-order valence-electron chi connectivity index (χ2n) is 4.37. The summed E-state index contributed by atoms with van der Waals surface area (Å²) in [5.74, 6) is 2.38. The van der Waals surface area contributed by atoms with Crippen molar-refractivity contribution in [3.63, 3.8) is 0 Å². The van der Waals surface area contributed by atoms with E-state index in [2.05, 4.69) is 10.3 Å². The molecule has 1 aromatic carbocycles. The van der Waals surface area contributed by atoms with Crippen molar-refractivity contribution in [3.8, 4) is 11.5 Å². The second-order valence-corrected chi connectivity index (χ2v) is 4.37. The molecule has 0 fully saturated rings. The van der Waals surface area contributed by atoms with E-state index in [9.17, 15) is 0 Å². The lowest BCUT2D eigenvalue weighted by atomic mass is 10.2. The maximum Gasteiger partial charge on any atom is 0.231 e. The van der Waals surface area contributed by atoms with Crippen LogP contribution in [0.3, 0.4) is 0 Å². The van der Waals surface area contributed by atoms with Gasteiger partial charge in [0.1, 0.15) is 5.82 Å². The van der Waals surface area contributed by atoms with Crippen LogP contribution in [0.1, 0.15) is 6.92 Å². The Morgan fingerprint density at radius 2 is 2.16 bits per heavy atom. The summed E-state index contributed by atoms with van der Waals surface area (Å²) < 4.78 is 10.7. The van der Waals surface area contributed by atoms with Gasteiger partial charge in [0.05, 0.1) is 0 Å². The Morgan fingerprint density at radius 3 is 2.95 bits per heavy atom. The summed E-state index contributed by atoms with van der Waals surface area (Å²) >= 11 is 0. The van der Waals surface area contributed by atoms with Gasteiger partial charge in [0.25, 0.3) is 0 Å². The van der Waals surface area contributed by atoms with E-state index >= 15 is 0 Å². The first-order valence-corrected chi connectivity index (χ1v) is 6.07. The Hall–Kier alpha value is -2.21. The molecule has 0 spiro atoms. The summed E-state index contributed by atoms with van der Waals surface area (Å²) in [5.41, 5.74) is 7.91. The van der Waals surface area contributed by atoms with E-state index in [1.165, 1.54) is 0 Å². The molecule has 19 heavy (non-hydrogen) atoms. The number of nitrogens with two attached hydrogens (primary N) is 1. The Labute approximate surface area is 111 Å². The second kappa shape index (κ2) is 4.47. The van der Waals surface area contributed by atoms with Crippen molar-refractivity contribution in [2.75, 3.05) is 18.7 Å². The molecule has 1 unspecified atom stereocenters. The lowest BCUT2D eigenvalue weighted by Gasteiger charge is -2.33. The van der Waals surface area contributed by atoms with Crippen LogP contribution in [0.15, 0.2) is 35.1 Å². The van der Waals surface area contributed by atoms with Crippen LogP contribution in [-0.2, 0) is 0 Å². The molecule has 0 saturated carbocycles. The summed E-state index contributed by atoms with van der Waals surface area (Å²) in [6.45, 7) is 2.19. The Morgan fingerprint density at radius 1 is 1.37 bits per heavy atom.